The molecule has 0 aliphatic carbocycles. The molecule has 34 heavy (non-hydrogen) atoms. The number of pyridine rings is 1. The van der Waals surface area contributed by atoms with E-state index < -0.39 is 11.6 Å². The SMILES string of the molecule is CC(C)N(C(=O)c1cc(F)ccc1-n1cc(C(=O)C2CCNCC2)c2c(F)cncc21)C(C)C. The molecule has 1 aliphatic rings. The highest BCUT2D eigenvalue weighted by Gasteiger charge is 2.29. The summed E-state index contributed by atoms with van der Waals surface area (Å²) in [6, 6.07) is 3.73. The van der Waals surface area contributed by atoms with Crippen LogP contribution in [0, 0.1) is 17.6 Å². The number of carbonyl (C=O) groups is 2. The van der Waals surface area contributed by atoms with Gasteiger partial charge in [-0.15, -0.1) is 0 Å². The Morgan fingerprint density at radius 1 is 1.06 bits per heavy atom. The van der Waals surface area contributed by atoms with Crippen LogP contribution >= 0.6 is 0 Å². The molecule has 4 rings (SSSR count). The lowest BCUT2D eigenvalue weighted by molar-refractivity contribution is 0.0643. The average Bonchev–Trinajstić information content (AvgIpc) is 3.19. The second-order valence-electron chi connectivity index (χ2n) is 9.38. The van der Waals surface area contributed by atoms with Crippen LogP contribution in [-0.2, 0) is 0 Å². The van der Waals surface area contributed by atoms with Crippen molar-refractivity contribution in [1.29, 1.82) is 0 Å². The lowest BCUT2D eigenvalue weighted by Crippen LogP contribution is -2.42. The zero-order chi connectivity index (χ0) is 24.6. The van der Waals surface area contributed by atoms with E-state index in [4.69, 9.17) is 0 Å². The molecule has 0 bridgehead atoms. The molecule has 1 aromatic carbocycles. The van der Waals surface area contributed by atoms with Gasteiger partial charge in [-0.2, -0.15) is 0 Å². The van der Waals surface area contributed by atoms with Crippen LogP contribution in [0.15, 0.2) is 36.8 Å². The summed E-state index contributed by atoms with van der Waals surface area (Å²) in [5, 5.41) is 3.41. The van der Waals surface area contributed by atoms with Crippen molar-refractivity contribution >= 4 is 22.6 Å². The fourth-order valence-electron chi connectivity index (χ4n) is 4.92. The predicted octanol–water partition coefficient (Wildman–Crippen LogP) is 4.75. The molecule has 3 aromatic rings. The van der Waals surface area contributed by atoms with Crippen molar-refractivity contribution in [3.63, 3.8) is 0 Å². The standard InChI is InChI=1S/C26H30F2N4O2/c1-15(2)32(16(3)4)26(34)19-11-18(27)5-6-22(19)31-14-20(24-21(28)12-30-13-23(24)31)25(33)17-7-9-29-10-8-17/h5-6,11-17,29H,7-10H2,1-4H3. The first-order chi connectivity index (χ1) is 16.2. The molecule has 0 atom stereocenters. The maximum atomic E-state index is 15.0. The van der Waals surface area contributed by atoms with Crippen LogP contribution in [0.2, 0.25) is 0 Å². The van der Waals surface area contributed by atoms with Crippen molar-refractivity contribution in [2.75, 3.05) is 13.1 Å². The summed E-state index contributed by atoms with van der Waals surface area (Å²) < 4.78 is 30.9. The van der Waals surface area contributed by atoms with E-state index >= 15 is 0 Å². The van der Waals surface area contributed by atoms with Crippen molar-refractivity contribution in [2.45, 2.75) is 52.6 Å². The molecule has 8 heteroatoms. The Hall–Kier alpha value is -3.13. The van der Waals surface area contributed by atoms with Crippen molar-refractivity contribution in [3.8, 4) is 5.69 Å². The number of nitrogens with zero attached hydrogens (tertiary/aromatic N) is 3. The molecule has 0 saturated carbocycles. The number of Topliss-reactive ketones (excluding diaryl/α,β-unsaturated/α-hetero) is 1. The number of piperidine rings is 1. The molecule has 2 aromatic heterocycles. The van der Waals surface area contributed by atoms with Gasteiger partial charge in [0.25, 0.3) is 5.91 Å². The molecule has 180 valence electrons. The zero-order valence-corrected chi connectivity index (χ0v) is 19.9. The van der Waals surface area contributed by atoms with Crippen molar-refractivity contribution < 1.29 is 18.4 Å². The van der Waals surface area contributed by atoms with E-state index in [1.54, 1.807) is 15.7 Å². The summed E-state index contributed by atoms with van der Waals surface area (Å²) in [6.45, 7) is 9.06. The number of amides is 1. The highest BCUT2D eigenvalue weighted by molar-refractivity contribution is 6.10. The number of halogens is 2. The normalized spacial score (nSPS) is 14.8. The number of aromatic nitrogens is 2. The van der Waals surface area contributed by atoms with E-state index in [0.717, 1.165) is 19.3 Å². The molecule has 1 amide bonds. The highest BCUT2D eigenvalue weighted by atomic mass is 19.1. The lowest BCUT2D eigenvalue weighted by atomic mass is 9.89. The van der Waals surface area contributed by atoms with Gasteiger partial charge in [-0.3, -0.25) is 14.6 Å². The predicted molar refractivity (Wildman–Crippen MR) is 127 cm³/mol. The van der Waals surface area contributed by atoms with Gasteiger partial charge in [0.05, 0.1) is 29.2 Å². The van der Waals surface area contributed by atoms with Crippen LogP contribution in [0.4, 0.5) is 8.78 Å². The van der Waals surface area contributed by atoms with Gasteiger partial charge in [-0.25, -0.2) is 8.78 Å². The first kappa shape index (κ1) is 24.0. The van der Waals surface area contributed by atoms with Crippen molar-refractivity contribution in [2.24, 2.45) is 5.92 Å². The third-order valence-electron chi connectivity index (χ3n) is 6.44. The smallest absolute Gasteiger partial charge is 0.256 e. The Morgan fingerprint density at radius 3 is 2.38 bits per heavy atom. The summed E-state index contributed by atoms with van der Waals surface area (Å²) in [5.41, 5.74) is 1.14. The Balaban J connectivity index is 1.91. The molecule has 0 radical (unpaired) electrons. The summed E-state index contributed by atoms with van der Waals surface area (Å²) in [6.07, 6.45) is 5.48. The summed E-state index contributed by atoms with van der Waals surface area (Å²) in [7, 11) is 0. The van der Waals surface area contributed by atoms with Crippen LogP contribution in [0.3, 0.4) is 0 Å². The first-order valence-corrected chi connectivity index (χ1v) is 11.7. The van der Waals surface area contributed by atoms with Crippen LogP contribution in [0.5, 0.6) is 0 Å². The first-order valence-electron chi connectivity index (χ1n) is 11.7. The summed E-state index contributed by atoms with van der Waals surface area (Å²) >= 11 is 0. The fraction of sp³-hybridized carbons (Fsp3) is 0.423. The minimum Gasteiger partial charge on any atom is -0.334 e. The van der Waals surface area contributed by atoms with Gasteiger partial charge in [0.2, 0.25) is 0 Å². The van der Waals surface area contributed by atoms with Crippen LogP contribution in [-0.4, -0.2) is 51.3 Å². The topological polar surface area (TPSA) is 67.2 Å². The third kappa shape index (κ3) is 4.34. The molecule has 0 unspecified atom stereocenters. The van der Waals surface area contributed by atoms with E-state index in [-0.39, 0.29) is 46.2 Å². The largest absolute Gasteiger partial charge is 0.334 e. The molecular weight excluding hydrogens is 438 g/mol. The second kappa shape index (κ2) is 9.62. The fourth-order valence-corrected chi connectivity index (χ4v) is 4.92. The lowest BCUT2D eigenvalue weighted by Gasteiger charge is -2.31. The van der Waals surface area contributed by atoms with E-state index in [9.17, 15) is 18.4 Å². The molecule has 1 N–H and O–H groups in total. The Bertz CT molecular complexity index is 1220. The molecule has 0 spiro atoms. The summed E-state index contributed by atoms with van der Waals surface area (Å²) in [4.78, 5) is 32.6. The minimum atomic E-state index is -0.602. The number of hydrogen-bond donors (Lipinski definition) is 1. The minimum absolute atomic E-state index is 0.110. The van der Waals surface area contributed by atoms with Crippen molar-refractivity contribution in [1.82, 2.24) is 19.8 Å². The van der Waals surface area contributed by atoms with Gasteiger partial charge < -0.3 is 14.8 Å². The molecule has 1 fully saturated rings. The van der Waals surface area contributed by atoms with Gasteiger partial charge in [-0.05, 0) is 71.8 Å². The molecule has 1 aliphatic heterocycles. The number of hydrogen-bond acceptors (Lipinski definition) is 4. The van der Waals surface area contributed by atoms with E-state index in [1.807, 2.05) is 27.7 Å². The number of benzene rings is 1. The van der Waals surface area contributed by atoms with Crippen molar-refractivity contribution in [3.05, 3.63) is 59.6 Å². The van der Waals surface area contributed by atoms with Crippen LogP contribution in [0.25, 0.3) is 16.6 Å². The van der Waals surface area contributed by atoms with Crippen LogP contribution in [0.1, 0.15) is 61.3 Å². The number of rotatable bonds is 6. The molecule has 6 nitrogen and oxygen atoms in total. The maximum absolute atomic E-state index is 15.0. The van der Waals surface area contributed by atoms with E-state index in [0.29, 0.717) is 24.0 Å². The third-order valence-corrected chi connectivity index (χ3v) is 6.44. The summed E-state index contributed by atoms with van der Waals surface area (Å²) in [5.74, 6) is -1.83. The van der Waals surface area contributed by atoms with Gasteiger partial charge >= 0.3 is 0 Å². The Morgan fingerprint density at radius 2 is 1.74 bits per heavy atom. The Labute approximate surface area is 198 Å². The molecule has 3 heterocycles. The Kier molecular flexibility index (Phi) is 6.79. The number of nitrogens with one attached hydrogen (secondary N) is 1. The van der Waals surface area contributed by atoms with E-state index in [1.165, 1.54) is 24.4 Å². The van der Waals surface area contributed by atoms with E-state index in [2.05, 4.69) is 10.3 Å². The highest BCUT2D eigenvalue weighted by Crippen LogP contribution is 2.32. The number of ketones is 1. The maximum Gasteiger partial charge on any atom is 0.256 e. The quantitative estimate of drug-likeness (QED) is 0.531. The molecule has 1 saturated heterocycles. The van der Waals surface area contributed by atoms with Gasteiger partial charge in [0.15, 0.2) is 11.6 Å². The number of carbonyl (C=O) groups excluding carboxylic acids is 2. The molecular formula is C26H30F2N4O2. The van der Waals surface area contributed by atoms with Gasteiger partial charge in [0.1, 0.15) is 5.82 Å². The van der Waals surface area contributed by atoms with Gasteiger partial charge in [0, 0.05) is 35.1 Å². The monoisotopic (exact) mass is 468 g/mol. The van der Waals surface area contributed by atoms with Gasteiger partial charge in [-0.1, -0.05) is 0 Å². The number of fused-ring (bicyclic) bond motifs is 1. The average molecular weight is 469 g/mol. The second-order valence-corrected chi connectivity index (χ2v) is 9.38. The zero-order valence-electron chi connectivity index (χ0n) is 19.9. The van der Waals surface area contributed by atoms with Crippen LogP contribution < -0.4 is 5.32 Å².